The number of halogens is 5. The summed E-state index contributed by atoms with van der Waals surface area (Å²) in [5.41, 5.74) is 0.501. The molecule has 0 spiro atoms. The number of carbonyl (C=O) groups is 1. The Morgan fingerprint density at radius 2 is 1.63 bits per heavy atom. The monoisotopic (exact) mass is 532 g/mol. The van der Waals surface area contributed by atoms with Crippen LogP contribution in [0, 0.1) is 0 Å². The van der Waals surface area contributed by atoms with Crippen LogP contribution < -0.4 is 14.2 Å². The number of aryl methyl sites for hydroxylation is 1. The number of hydrogen-bond donors (Lipinski definition) is 1. The lowest BCUT2D eigenvalue weighted by Crippen LogP contribution is -2.37. The van der Waals surface area contributed by atoms with E-state index in [1.54, 1.807) is 17.8 Å². The zero-order valence-corrected chi connectivity index (χ0v) is 20.3. The molecule has 0 aliphatic heterocycles. The molecule has 0 atom stereocenters. The topological polar surface area (TPSA) is 82.8 Å². The second-order valence-electron chi connectivity index (χ2n) is 7.95. The average Bonchev–Trinajstić information content (AvgIpc) is 3.11. The van der Waals surface area contributed by atoms with Gasteiger partial charge in [0.25, 0.3) is 0 Å². The summed E-state index contributed by atoms with van der Waals surface area (Å²) in [6.45, 7) is 2.99. The molecule has 0 bridgehead atoms. The van der Waals surface area contributed by atoms with Crippen molar-refractivity contribution in [1.29, 1.82) is 0 Å². The fourth-order valence-electron chi connectivity index (χ4n) is 2.99. The van der Waals surface area contributed by atoms with Gasteiger partial charge < -0.3 is 19.3 Å². The van der Waals surface area contributed by atoms with Crippen LogP contribution in [0.3, 0.4) is 0 Å². The normalized spacial score (nSPS) is 11.9. The fourth-order valence-corrected chi connectivity index (χ4v) is 3.39. The standard InChI is InChI=1S/C23H21Cl2F3N2O5/c1-22(2,21(31)32)35-20-12-16(24)19(11-17(20)25)33-9-8-14-10-18(29-30(14)3)13-4-6-15(7-5-13)34-23(26,27)28/h4-7,10-12H,8-9H2,1-3H3,(H,31,32). The molecule has 0 aliphatic carbocycles. The second-order valence-corrected chi connectivity index (χ2v) is 8.76. The number of carboxylic acid groups (broad SMARTS) is 1. The molecule has 12 heteroatoms. The first-order chi connectivity index (χ1) is 16.2. The van der Waals surface area contributed by atoms with Crippen molar-refractivity contribution in [2.75, 3.05) is 6.61 Å². The average molecular weight is 533 g/mol. The van der Waals surface area contributed by atoms with Crippen molar-refractivity contribution in [3.05, 3.63) is 58.2 Å². The number of aliphatic carboxylic acids is 1. The van der Waals surface area contributed by atoms with Crippen LogP contribution in [-0.4, -0.2) is 39.4 Å². The first-order valence-corrected chi connectivity index (χ1v) is 10.9. The molecule has 0 fully saturated rings. The number of ether oxygens (including phenoxy) is 3. The SMILES string of the molecule is Cn1nc(-c2ccc(OC(F)(F)F)cc2)cc1CCOc1cc(Cl)c(OC(C)(C)C(=O)O)cc1Cl. The highest BCUT2D eigenvalue weighted by molar-refractivity contribution is 6.35. The third-order valence-electron chi connectivity index (χ3n) is 4.84. The van der Waals surface area contributed by atoms with Gasteiger partial charge in [-0.2, -0.15) is 5.10 Å². The van der Waals surface area contributed by atoms with E-state index in [0.29, 0.717) is 23.4 Å². The first kappa shape index (κ1) is 26.5. The van der Waals surface area contributed by atoms with Gasteiger partial charge in [-0.3, -0.25) is 4.68 Å². The van der Waals surface area contributed by atoms with Crippen LogP contribution >= 0.6 is 23.2 Å². The van der Waals surface area contributed by atoms with Crippen molar-refractivity contribution in [3.63, 3.8) is 0 Å². The molecule has 7 nitrogen and oxygen atoms in total. The van der Waals surface area contributed by atoms with Crippen molar-refractivity contribution in [1.82, 2.24) is 9.78 Å². The minimum atomic E-state index is -4.75. The van der Waals surface area contributed by atoms with Crippen LogP contribution in [-0.2, 0) is 18.3 Å². The van der Waals surface area contributed by atoms with E-state index in [1.807, 2.05) is 0 Å². The van der Waals surface area contributed by atoms with Gasteiger partial charge in [0.15, 0.2) is 5.60 Å². The Morgan fingerprint density at radius 1 is 1.03 bits per heavy atom. The highest BCUT2D eigenvalue weighted by Crippen LogP contribution is 2.37. The maximum atomic E-state index is 12.3. The summed E-state index contributed by atoms with van der Waals surface area (Å²) in [4.78, 5) is 11.3. The minimum absolute atomic E-state index is 0.111. The van der Waals surface area contributed by atoms with Gasteiger partial charge >= 0.3 is 12.3 Å². The summed E-state index contributed by atoms with van der Waals surface area (Å²) in [5, 5.41) is 13.9. The zero-order valence-electron chi connectivity index (χ0n) is 18.8. The maximum Gasteiger partial charge on any atom is 0.573 e. The van der Waals surface area contributed by atoms with E-state index >= 15 is 0 Å². The van der Waals surface area contributed by atoms with Crippen LogP contribution in [0.2, 0.25) is 10.0 Å². The van der Waals surface area contributed by atoms with Gasteiger partial charge in [0.2, 0.25) is 0 Å². The smallest absolute Gasteiger partial charge is 0.492 e. The third-order valence-corrected chi connectivity index (χ3v) is 5.43. The molecule has 0 amide bonds. The lowest BCUT2D eigenvalue weighted by Gasteiger charge is -2.22. The molecule has 0 saturated heterocycles. The van der Waals surface area contributed by atoms with Gasteiger partial charge in [-0.05, 0) is 44.2 Å². The third kappa shape index (κ3) is 6.95. The van der Waals surface area contributed by atoms with Gasteiger partial charge in [-0.15, -0.1) is 13.2 Å². The molecule has 35 heavy (non-hydrogen) atoms. The first-order valence-electron chi connectivity index (χ1n) is 10.2. The minimum Gasteiger partial charge on any atom is -0.492 e. The van der Waals surface area contributed by atoms with Crippen LogP contribution in [0.5, 0.6) is 17.2 Å². The Bertz CT molecular complexity index is 1210. The van der Waals surface area contributed by atoms with E-state index in [4.69, 9.17) is 32.7 Å². The van der Waals surface area contributed by atoms with E-state index in [-0.39, 0.29) is 28.2 Å². The summed E-state index contributed by atoms with van der Waals surface area (Å²) in [6.07, 6.45) is -4.31. The van der Waals surface area contributed by atoms with Gasteiger partial charge in [0.05, 0.1) is 22.3 Å². The molecule has 0 saturated carbocycles. The van der Waals surface area contributed by atoms with E-state index in [0.717, 1.165) is 5.69 Å². The molecule has 2 aromatic carbocycles. The molecule has 1 heterocycles. The second kappa shape index (κ2) is 10.2. The lowest BCUT2D eigenvalue weighted by molar-refractivity contribution is -0.274. The van der Waals surface area contributed by atoms with Crippen LogP contribution in [0.25, 0.3) is 11.3 Å². The molecule has 1 aromatic heterocycles. The van der Waals surface area contributed by atoms with Crippen LogP contribution in [0.4, 0.5) is 13.2 Å². The van der Waals surface area contributed by atoms with Gasteiger partial charge in [-0.1, -0.05) is 23.2 Å². The van der Waals surface area contributed by atoms with E-state index in [2.05, 4.69) is 9.84 Å². The summed E-state index contributed by atoms with van der Waals surface area (Å²) >= 11 is 12.5. The maximum absolute atomic E-state index is 12.3. The Morgan fingerprint density at radius 3 is 2.23 bits per heavy atom. The Labute approximate surface area is 208 Å². The van der Waals surface area contributed by atoms with Gasteiger partial charge in [0, 0.05) is 36.9 Å². The number of rotatable bonds is 9. The van der Waals surface area contributed by atoms with Crippen molar-refractivity contribution in [3.8, 4) is 28.5 Å². The highest BCUT2D eigenvalue weighted by Gasteiger charge is 2.31. The highest BCUT2D eigenvalue weighted by atomic mass is 35.5. The van der Waals surface area contributed by atoms with Crippen LogP contribution in [0.15, 0.2) is 42.5 Å². The van der Waals surface area contributed by atoms with E-state index in [1.165, 1.54) is 50.2 Å². The number of aromatic nitrogens is 2. The summed E-state index contributed by atoms with van der Waals surface area (Å²) in [6, 6.07) is 10.0. The molecule has 3 aromatic rings. The molecule has 0 radical (unpaired) electrons. The Balaban J connectivity index is 1.64. The number of nitrogens with zero attached hydrogens (tertiary/aromatic N) is 2. The quantitative estimate of drug-likeness (QED) is 0.355. The Hall–Kier alpha value is -3.11. The molecule has 0 unspecified atom stereocenters. The molecular weight excluding hydrogens is 512 g/mol. The fraction of sp³-hybridized carbons (Fsp3) is 0.304. The molecular formula is C23H21Cl2F3N2O5. The summed E-state index contributed by atoms with van der Waals surface area (Å²) in [7, 11) is 1.74. The van der Waals surface area contributed by atoms with Crippen molar-refractivity contribution in [2.24, 2.45) is 7.05 Å². The molecule has 188 valence electrons. The number of hydrogen-bond acceptors (Lipinski definition) is 5. The number of benzene rings is 2. The molecule has 3 rings (SSSR count). The number of carboxylic acids is 1. The molecule has 0 aliphatic rings. The van der Waals surface area contributed by atoms with Gasteiger partial charge in [-0.25, -0.2) is 4.79 Å². The molecule has 1 N–H and O–H groups in total. The van der Waals surface area contributed by atoms with E-state index < -0.39 is 17.9 Å². The van der Waals surface area contributed by atoms with E-state index in [9.17, 15) is 23.1 Å². The Kier molecular flexibility index (Phi) is 7.76. The van der Waals surface area contributed by atoms with Gasteiger partial charge in [0.1, 0.15) is 17.2 Å². The van der Waals surface area contributed by atoms with Crippen molar-refractivity contribution < 1.29 is 37.3 Å². The largest absolute Gasteiger partial charge is 0.573 e. The van der Waals surface area contributed by atoms with Crippen molar-refractivity contribution in [2.45, 2.75) is 32.2 Å². The zero-order chi connectivity index (χ0) is 26.0. The predicted octanol–water partition coefficient (Wildman–Crippen LogP) is 6.16. The number of alkyl halides is 3. The summed E-state index contributed by atoms with van der Waals surface area (Å²) < 4.78 is 53.7. The predicted molar refractivity (Wildman–Crippen MR) is 123 cm³/mol. The van der Waals surface area contributed by atoms with Crippen molar-refractivity contribution >= 4 is 29.2 Å². The summed E-state index contributed by atoms with van der Waals surface area (Å²) in [5.74, 6) is -1.07. The lowest BCUT2D eigenvalue weighted by atomic mass is 10.1. The van der Waals surface area contributed by atoms with Crippen LogP contribution in [0.1, 0.15) is 19.5 Å².